The van der Waals surface area contributed by atoms with E-state index in [4.69, 9.17) is 5.41 Å². The van der Waals surface area contributed by atoms with Crippen LogP contribution in [-0.4, -0.2) is 34.7 Å². The Bertz CT molecular complexity index is 1020. The van der Waals surface area contributed by atoms with Crippen LogP contribution in [0.3, 0.4) is 0 Å². The molecule has 2 N–H and O–H groups in total. The number of likely N-dealkylation sites (tertiary alicyclic amines) is 1. The molecule has 1 amide bonds. The SMILES string of the molecule is Cc1ccc(NC(=O)c2ccc(C(=N)N3CCCC3)cc2)cc1-c1ccccn1. The van der Waals surface area contributed by atoms with Crippen molar-refractivity contribution in [2.45, 2.75) is 19.8 Å². The normalized spacial score (nSPS) is 13.3. The van der Waals surface area contributed by atoms with E-state index in [1.165, 1.54) is 0 Å². The molecule has 1 fully saturated rings. The topological polar surface area (TPSA) is 69.1 Å². The fraction of sp³-hybridized carbons (Fsp3) is 0.208. The van der Waals surface area contributed by atoms with Crippen LogP contribution >= 0.6 is 0 Å². The van der Waals surface area contributed by atoms with Crippen LogP contribution in [0.25, 0.3) is 11.3 Å². The molecule has 1 saturated heterocycles. The number of nitrogens with zero attached hydrogens (tertiary/aromatic N) is 2. The van der Waals surface area contributed by atoms with Gasteiger partial charge in [-0.2, -0.15) is 0 Å². The second-order valence-corrected chi connectivity index (χ2v) is 7.32. The van der Waals surface area contributed by atoms with E-state index in [2.05, 4.69) is 15.2 Å². The van der Waals surface area contributed by atoms with Gasteiger partial charge in [0.05, 0.1) is 5.69 Å². The zero-order valence-corrected chi connectivity index (χ0v) is 16.5. The van der Waals surface area contributed by atoms with E-state index in [-0.39, 0.29) is 5.91 Å². The summed E-state index contributed by atoms with van der Waals surface area (Å²) in [6.07, 6.45) is 4.04. The number of carbonyl (C=O) groups excluding carboxylic acids is 1. The second kappa shape index (κ2) is 8.27. The number of hydrogen-bond donors (Lipinski definition) is 2. The van der Waals surface area contributed by atoms with Gasteiger partial charge in [0.1, 0.15) is 5.84 Å². The largest absolute Gasteiger partial charge is 0.357 e. The van der Waals surface area contributed by atoms with Crippen LogP contribution in [0.1, 0.15) is 34.3 Å². The lowest BCUT2D eigenvalue weighted by Crippen LogP contribution is -2.27. The van der Waals surface area contributed by atoms with Gasteiger partial charge in [0, 0.05) is 41.7 Å². The standard InChI is InChI=1S/C24H24N4O/c1-17-7-12-20(16-21(17)22-6-2-3-13-26-22)27-24(29)19-10-8-18(9-11-19)23(25)28-14-4-5-15-28/h2-3,6-13,16,25H,4-5,14-15H2,1H3,(H,27,29). The number of hydrogen-bond acceptors (Lipinski definition) is 3. The van der Waals surface area contributed by atoms with Gasteiger partial charge in [-0.1, -0.05) is 24.3 Å². The fourth-order valence-electron chi connectivity index (χ4n) is 3.60. The van der Waals surface area contributed by atoms with E-state index in [0.717, 1.165) is 54.0 Å². The molecular formula is C24H24N4O. The summed E-state index contributed by atoms with van der Waals surface area (Å²) in [6.45, 7) is 3.91. The van der Waals surface area contributed by atoms with Crippen molar-refractivity contribution in [2.24, 2.45) is 0 Å². The first-order valence-corrected chi connectivity index (χ1v) is 9.89. The number of aromatic nitrogens is 1. The second-order valence-electron chi connectivity index (χ2n) is 7.32. The Morgan fingerprint density at radius 3 is 2.41 bits per heavy atom. The Labute approximate surface area is 170 Å². The first-order chi connectivity index (χ1) is 14.1. The predicted molar refractivity (Wildman–Crippen MR) is 116 cm³/mol. The summed E-state index contributed by atoms with van der Waals surface area (Å²) >= 11 is 0. The molecule has 0 spiro atoms. The quantitative estimate of drug-likeness (QED) is 0.505. The van der Waals surface area contributed by atoms with Gasteiger partial charge in [0.15, 0.2) is 0 Å². The zero-order chi connectivity index (χ0) is 20.2. The van der Waals surface area contributed by atoms with Crippen LogP contribution in [0.4, 0.5) is 5.69 Å². The molecule has 0 atom stereocenters. The van der Waals surface area contributed by atoms with Crippen molar-refractivity contribution in [3.63, 3.8) is 0 Å². The molecule has 29 heavy (non-hydrogen) atoms. The number of anilines is 1. The first-order valence-electron chi connectivity index (χ1n) is 9.89. The molecular weight excluding hydrogens is 360 g/mol. The third kappa shape index (κ3) is 4.19. The van der Waals surface area contributed by atoms with Gasteiger partial charge in [-0.3, -0.25) is 15.2 Å². The van der Waals surface area contributed by atoms with Gasteiger partial charge in [-0.15, -0.1) is 0 Å². The van der Waals surface area contributed by atoms with E-state index in [9.17, 15) is 4.79 Å². The number of pyridine rings is 1. The lowest BCUT2D eigenvalue weighted by molar-refractivity contribution is 0.102. The summed E-state index contributed by atoms with van der Waals surface area (Å²) in [5.41, 5.74) is 5.13. The van der Waals surface area contributed by atoms with Crippen molar-refractivity contribution in [2.75, 3.05) is 18.4 Å². The molecule has 2 heterocycles. The molecule has 0 radical (unpaired) electrons. The van der Waals surface area contributed by atoms with Crippen LogP contribution in [0.5, 0.6) is 0 Å². The third-order valence-electron chi connectivity index (χ3n) is 5.28. The summed E-state index contributed by atoms with van der Waals surface area (Å²) in [4.78, 5) is 19.2. The van der Waals surface area contributed by atoms with Crippen LogP contribution in [-0.2, 0) is 0 Å². The van der Waals surface area contributed by atoms with Crippen molar-refractivity contribution in [3.05, 3.63) is 83.6 Å². The summed E-state index contributed by atoms with van der Waals surface area (Å²) in [6, 6.07) is 18.9. The molecule has 0 aliphatic carbocycles. The van der Waals surface area contributed by atoms with E-state index in [1.807, 2.05) is 55.5 Å². The Balaban J connectivity index is 1.49. The zero-order valence-electron chi connectivity index (χ0n) is 16.5. The fourth-order valence-corrected chi connectivity index (χ4v) is 3.60. The molecule has 4 rings (SSSR count). The van der Waals surface area contributed by atoms with Gasteiger partial charge in [-0.05, 0) is 61.7 Å². The summed E-state index contributed by atoms with van der Waals surface area (Å²) in [7, 11) is 0. The molecule has 5 nitrogen and oxygen atoms in total. The maximum absolute atomic E-state index is 12.7. The minimum atomic E-state index is -0.167. The molecule has 1 aromatic heterocycles. The van der Waals surface area contributed by atoms with Gasteiger partial charge in [0.2, 0.25) is 0 Å². The Morgan fingerprint density at radius 2 is 1.72 bits per heavy atom. The van der Waals surface area contributed by atoms with Crippen molar-refractivity contribution >= 4 is 17.4 Å². The molecule has 2 aromatic carbocycles. The highest BCUT2D eigenvalue weighted by Crippen LogP contribution is 2.25. The van der Waals surface area contributed by atoms with Crippen molar-refractivity contribution in [3.8, 4) is 11.3 Å². The molecule has 0 unspecified atom stereocenters. The van der Waals surface area contributed by atoms with Crippen LogP contribution in [0.15, 0.2) is 66.9 Å². The average Bonchev–Trinajstić information content (AvgIpc) is 3.30. The van der Waals surface area contributed by atoms with Crippen LogP contribution in [0.2, 0.25) is 0 Å². The minimum Gasteiger partial charge on any atom is -0.357 e. The third-order valence-corrected chi connectivity index (χ3v) is 5.28. The van der Waals surface area contributed by atoms with Crippen LogP contribution in [0, 0.1) is 12.3 Å². The Kier molecular flexibility index (Phi) is 5.38. The molecule has 146 valence electrons. The number of benzene rings is 2. The number of carbonyl (C=O) groups is 1. The maximum atomic E-state index is 12.7. The lowest BCUT2D eigenvalue weighted by Gasteiger charge is -2.18. The van der Waals surface area contributed by atoms with E-state index < -0.39 is 0 Å². The number of aryl methyl sites for hydroxylation is 1. The molecule has 1 aliphatic heterocycles. The number of amidine groups is 1. The van der Waals surface area contributed by atoms with Crippen molar-refractivity contribution in [1.82, 2.24) is 9.88 Å². The highest BCUT2D eigenvalue weighted by atomic mass is 16.1. The van der Waals surface area contributed by atoms with Crippen molar-refractivity contribution in [1.29, 1.82) is 5.41 Å². The summed E-state index contributed by atoms with van der Waals surface area (Å²) in [5.74, 6) is 0.369. The van der Waals surface area contributed by atoms with Gasteiger partial charge < -0.3 is 10.2 Å². The van der Waals surface area contributed by atoms with Gasteiger partial charge in [-0.25, -0.2) is 0 Å². The van der Waals surface area contributed by atoms with Gasteiger partial charge >= 0.3 is 0 Å². The van der Waals surface area contributed by atoms with Crippen molar-refractivity contribution < 1.29 is 4.79 Å². The first kappa shape index (κ1) is 18.9. The highest BCUT2D eigenvalue weighted by Gasteiger charge is 2.17. The summed E-state index contributed by atoms with van der Waals surface area (Å²) < 4.78 is 0. The number of rotatable bonds is 4. The van der Waals surface area contributed by atoms with Crippen LogP contribution < -0.4 is 5.32 Å². The predicted octanol–water partition coefficient (Wildman–Crippen LogP) is 4.73. The Hall–Kier alpha value is -3.47. The van der Waals surface area contributed by atoms with E-state index in [1.54, 1.807) is 18.3 Å². The number of amides is 1. The Morgan fingerprint density at radius 1 is 1.00 bits per heavy atom. The average molecular weight is 384 g/mol. The van der Waals surface area contributed by atoms with Gasteiger partial charge in [0.25, 0.3) is 5.91 Å². The monoisotopic (exact) mass is 384 g/mol. The molecule has 1 aliphatic rings. The van der Waals surface area contributed by atoms with E-state index in [0.29, 0.717) is 11.4 Å². The molecule has 0 saturated carbocycles. The smallest absolute Gasteiger partial charge is 0.255 e. The minimum absolute atomic E-state index is 0.167. The molecule has 5 heteroatoms. The maximum Gasteiger partial charge on any atom is 0.255 e. The lowest BCUT2D eigenvalue weighted by atomic mass is 10.0. The number of nitrogens with one attached hydrogen (secondary N) is 2. The highest BCUT2D eigenvalue weighted by molar-refractivity contribution is 6.05. The summed E-state index contributed by atoms with van der Waals surface area (Å²) in [5, 5.41) is 11.3. The van der Waals surface area contributed by atoms with E-state index >= 15 is 0 Å². The molecule has 3 aromatic rings. The molecule has 0 bridgehead atoms.